The van der Waals surface area contributed by atoms with Crippen LogP contribution in [-0.4, -0.2) is 12.6 Å². The molecule has 1 fully saturated rings. The summed E-state index contributed by atoms with van der Waals surface area (Å²) in [4.78, 5) is 1.39. The zero-order valence-corrected chi connectivity index (χ0v) is 12.8. The standard InChI is InChI=1S/C15H24ClNS/c1-2-8-17-13-6-4-3-5-12(10-13)11-15-14(16)7-9-18-15/h7,9,12-13,17H,2-6,8,10-11H2,1H3. The predicted octanol–water partition coefficient (Wildman–Crippen LogP) is 4.89. The first-order valence-corrected chi connectivity index (χ1v) is 8.50. The maximum Gasteiger partial charge on any atom is 0.0545 e. The zero-order chi connectivity index (χ0) is 12.8. The maximum atomic E-state index is 6.21. The average molecular weight is 286 g/mol. The molecule has 2 atom stereocenters. The molecule has 2 unspecified atom stereocenters. The van der Waals surface area contributed by atoms with Crippen molar-refractivity contribution in [2.24, 2.45) is 5.92 Å². The lowest BCUT2D eigenvalue weighted by atomic mass is 9.94. The number of thiophene rings is 1. The minimum Gasteiger partial charge on any atom is -0.314 e. The van der Waals surface area contributed by atoms with E-state index in [4.69, 9.17) is 11.6 Å². The van der Waals surface area contributed by atoms with E-state index < -0.39 is 0 Å². The van der Waals surface area contributed by atoms with Crippen LogP contribution in [0.25, 0.3) is 0 Å². The summed E-state index contributed by atoms with van der Waals surface area (Å²) in [7, 11) is 0. The first-order chi connectivity index (χ1) is 8.79. The second kappa shape index (κ2) is 7.52. The van der Waals surface area contributed by atoms with Gasteiger partial charge in [-0.3, -0.25) is 0 Å². The molecule has 0 bridgehead atoms. The Morgan fingerprint density at radius 3 is 2.94 bits per heavy atom. The van der Waals surface area contributed by atoms with Crippen molar-refractivity contribution in [2.75, 3.05) is 6.54 Å². The predicted molar refractivity (Wildman–Crippen MR) is 81.7 cm³/mol. The molecular formula is C15H24ClNS. The maximum absolute atomic E-state index is 6.21. The fourth-order valence-corrected chi connectivity index (χ4v) is 4.14. The van der Waals surface area contributed by atoms with Crippen molar-refractivity contribution in [1.29, 1.82) is 0 Å². The van der Waals surface area contributed by atoms with E-state index in [1.165, 1.54) is 49.8 Å². The Morgan fingerprint density at radius 1 is 1.39 bits per heavy atom. The van der Waals surface area contributed by atoms with E-state index in [1.807, 2.05) is 17.4 Å². The van der Waals surface area contributed by atoms with Gasteiger partial charge in [0.1, 0.15) is 0 Å². The summed E-state index contributed by atoms with van der Waals surface area (Å²) in [5.74, 6) is 0.818. The van der Waals surface area contributed by atoms with Crippen LogP contribution in [0.3, 0.4) is 0 Å². The smallest absolute Gasteiger partial charge is 0.0545 e. The second-order valence-electron chi connectivity index (χ2n) is 5.43. The van der Waals surface area contributed by atoms with E-state index in [0.29, 0.717) is 0 Å². The van der Waals surface area contributed by atoms with Crippen LogP contribution in [0.2, 0.25) is 5.02 Å². The number of nitrogens with one attached hydrogen (secondary N) is 1. The number of rotatable bonds is 5. The van der Waals surface area contributed by atoms with Crippen molar-refractivity contribution >= 4 is 22.9 Å². The third kappa shape index (κ3) is 4.25. The fourth-order valence-electron chi connectivity index (χ4n) is 2.91. The molecule has 0 radical (unpaired) electrons. The highest BCUT2D eigenvalue weighted by molar-refractivity contribution is 7.10. The van der Waals surface area contributed by atoms with Crippen molar-refractivity contribution in [3.63, 3.8) is 0 Å². The van der Waals surface area contributed by atoms with Gasteiger partial charge in [0.2, 0.25) is 0 Å². The van der Waals surface area contributed by atoms with Gasteiger partial charge in [-0.2, -0.15) is 0 Å². The molecule has 18 heavy (non-hydrogen) atoms. The molecule has 1 aliphatic rings. The molecule has 0 spiro atoms. The van der Waals surface area contributed by atoms with Gasteiger partial charge in [0, 0.05) is 10.9 Å². The Balaban J connectivity index is 1.88. The van der Waals surface area contributed by atoms with E-state index in [9.17, 15) is 0 Å². The van der Waals surface area contributed by atoms with Crippen LogP contribution in [-0.2, 0) is 6.42 Å². The molecule has 1 aromatic rings. The molecule has 3 heteroatoms. The van der Waals surface area contributed by atoms with Crippen LogP contribution in [0.4, 0.5) is 0 Å². The van der Waals surface area contributed by atoms with Gasteiger partial charge >= 0.3 is 0 Å². The molecule has 0 aliphatic heterocycles. The van der Waals surface area contributed by atoms with Gasteiger partial charge in [-0.25, -0.2) is 0 Å². The Morgan fingerprint density at radius 2 is 2.22 bits per heavy atom. The number of hydrogen-bond acceptors (Lipinski definition) is 2. The SMILES string of the molecule is CCCNC1CCCCC(Cc2sccc2Cl)C1. The summed E-state index contributed by atoms with van der Waals surface area (Å²) in [6.07, 6.45) is 9.24. The summed E-state index contributed by atoms with van der Waals surface area (Å²) >= 11 is 8.03. The van der Waals surface area contributed by atoms with Gasteiger partial charge in [-0.1, -0.05) is 37.8 Å². The Hall–Kier alpha value is -0.0500. The average Bonchev–Trinajstić information content (AvgIpc) is 2.64. The molecule has 0 saturated heterocycles. The van der Waals surface area contributed by atoms with E-state index in [-0.39, 0.29) is 0 Å². The lowest BCUT2D eigenvalue weighted by Crippen LogP contribution is -2.31. The molecule has 102 valence electrons. The number of halogens is 1. The van der Waals surface area contributed by atoms with Gasteiger partial charge in [0.05, 0.1) is 5.02 Å². The molecule has 1 N–H and O–H groups in total. The fraction of sp³-hybridized carbons (Fsp3) is 0.733. The third-order valence-corrected chi connectivity index (χ3v) is 5.29. The van der Waals surface area contributed by atoms with Crippen molar-refractivity contribution in [3.8, 4) is 0 Å². The molecule has 0 amide bonds. The lowest BCUT2D eigenvalue weighted by Gasteiger charge is -2.20. The largest absolute Gasteiger partial charge is 0.314 e. The van der Waals surface area contributed by atoms with Crippen LogP contribution in [0.5, 0.6) is 0 Å². The first kappa shape index (κ1) is 14.4. The topological polar surface area (TPSA) is 12.0 Å². The van der Waals surface area contributed by atoms with Crippen LogP contribution in [0.15, 0.2) is 11.4 Å². The van der Waals surface area contributed by atoms with Gasteiger partial charge < -0.3 is 5.32 Å². The summed E-state index contributed by atoms with van der Waals surface area (Å²) in [5.41, 5.74) is 0. The molecule has 1 saturated carbocycles. The summed E-state index contributed by atoms with van der Waals surface area (Å²) in [6.45, 7) is 3.41. The molecular weight excluding hydrogens is 262 g/mol. The normalized spacial score (nSPS) is 25.0. The van der Waals surface area contributed by atoms with Crippen molar-refractivity contribution in [3.05, 3.63) is 21.3 Å². The van der Waals surface area contributed by atoms with E-state index >= 15 is 0 Å². The second-order valence-corrected chi connectivity index (χ2v) is 6.84. The molecule has 1 aliphatic carbocycles. The van der Waals surface area contributed by atoms with Gasteiger partial charge in [0.15, 0.2) is 0 Å². The van der Waals surface area contributed by atoms with Crippen LogP contribution < -0.4 is 5.32 Å². The summed E-state index contributed by atoms with van der Waals surface area (Å²) in [6, 6.07) is 2.77. The minimum atomic E-state index is 0.733. The molecule has 1 nitrogen and oxygen atoms in total. The van der Waals surface area contributed by atoms with Gasteiger partial charge in [0.25, 0.3) is 0 Å². The molecule has 1 heterocycles. The quantitative estimate of drug-likeness (QED) is 0.759. The summed E-state index contributed by atoms with van der Waals surface area (Å²) in [5, 5.41) is 6.79. The lowest BCUT2D eigenvalue weighted by molar-refractivity contribution is 0.386. The van der Waals surface area contributed by atoms with Crippen LogP contribution in [0, 0.1) is 5.92 Å². The zero-order valence-electron chi connectivity index (χ0n) is 11.3. The number of hydrogen-bond donors (Lipinski definition) is 1. The monoisotopic (exact) mass is 285 g/mol. The van der Waals surface area contributed by atoms with Crippen molar-refractivity contribution in [2.45, 2.75) is 57.9 Å². The first-order valence-electron chi connectivity index (χ1n) is 7.24. The van der Waals surface area contributed by atoms with Crippen molar-refractivity contribution in [1.82, 2.24) is 5.32 Å². The molecule has 1 aromatic heterocycles. The molecule has 0 aromatic carbocycles. The summed E-state index contributed by atoms with van der Waals surface area (Å²) < 4.78 is 0. The highest BCUT2D eigenvalue weighted by atomic mass is 35.5. The molecule has 2 rings (SSSR count). The Kier molecular flexibility index (Phi) is 6.00. The van der Waals surface area contributed by atoms with E-state index in [0.717, 1.165) is 23.5 Å². The Bertz CT molecular complexity index is 350. The Labute approximate surface area is 120 Å². The van der Waals surface area contributed by atoms with E-state index in [1.54, 1.807) is 0 Å². The van der Waals surface area contributed by atoms with E-state index in [2.05, 4.69) is 17.6 Å². The van der Waals surface area contributed by atoms with Crippen LogP contribution in [0.1, 0.15) is 50.3 Å². The van der Waals surface area contributed by atoms with Crippen molar-refractivity contribution < 1.29 is 0 Å². The van der Waals surface area contributed by atoms with Gasteiger partial charge in [-0.15, -0.1) is 11.3 Å². The minimum absolute atomic E-state index is 0.733. The van der Waals surface area contributed by atoms with Crippen LogP contribution >= 0.6 is 22.9 Å². The van der Waals surface area contributed by atoms with Gasteiger partial charge in [-0.05, 0) is 49.6 Å². The highest BCUT2D eigenvalue weighted by Gasteiger charge is 2.21. The third-order valence-electron chi connectivity index (χ3n) is 3.88. The highest BCUT2D eigenvalue weighted by Crippen LogP contribution is 2.31.